The van der Waals surface area contributed by atoms with Crippen molar-refractivity contribution in [1.29, 1.82) is 0 Å². The molecule has 3 N–H and O–H groups in total. The summed E-state index contributed by atoms with van der Waals surface area (Å²) in [5.74, 6) is 5.33. The van der Waals surface area contributed by atoms with E-state index < -0.39 is 10.0 Å². The van der Waals surface area contributed by atoms with Crippen molar-refractivity contribution in [2.75, 3.05) is 0 Å². The number of nitrogens with zero attached hydrogens (tertiary/aromatic N) is 5. The number of pyridine rings is 1. The van der Waals surface area contributed by atoms with Crippen molar-refractivity contribution in [2.45, 2.75) is 24.8 Å². The minimum absolute atomic E-state index is 0.0688. The van der Waals surface area contributed by atoms with Crippen LogP contribution in [0.25, 0.3) is 22.0 Å². The molecular weight excluding hydrogens is 450 g/mol. The van der Waals surface area contributed by atoms with Crippen LogP contribution in [0.1, 0.15) is 13.8 Å². The van der Waals surface area contributed by atoms with Crippen molar-refractivity contribution >= 4 is 37.9 Å². The molecule has 4 rings (SSSR count). The summed E-state index contributed by atoms with van der Waals surface area (Å²) in [6.07, 6.45) is 1.59. The molecule has 0 aliphatic rings. The molecule has 1 aromatic heterocycles. The second-order valence-electron chi connectivity index (χ2n) is 7.75. The maximum Gasteiger partial charge on any atom is 0.241 e. The van der Waals surface area contributed by atoms with Crippen molar-refractivity contribution in [3.63, 3.8) is 0 Å². The van der Waals surface area contributed by atoms with Crippen molar-refractivity contribution in [1.82, 2.24) is 9.71 Å². The molecule has 34 heavy (non-hydrogen) atoms. The molecule has 1 heterocycles. The Bertz CT molecular complexity index is 1470. The maximum absolute atomic E-state index is 13.1. The summed E-state index contributed by atoms with van der Waals surface area (Å²) in [6, 6.07) is 21.5. The standard InChI is InChI=1S/C24H23N7O2S/c1-16(2)30-34(32,33)23-14-22(24(29-31-25)20-11-7-6-10-19(20)23)28-27-18-12-13-21(26-15-18)17-8-4-3-5-9-17/h3-16,30H,1-2H3,(H2,25,29). The molecule has 172 valence electrons. The molecule has 0 spiro atoms. The predicted octanol–water partition coefficient (Wildman–Crippen LogP) is 5.96. The Morgan fingerprint density at radius 3 is 2.24 bits per heavy atom. The van der Waals surface area contributed by atoms with Gasteiger partial charge in [-0.3, -0.25) is 4.98 Å². The van der Waals surface area contributed by atoms with Gasteiger partial charge in [-0.1, -0.05) is 59.8 Å². The zero-order chi connectivity index (χ0) is 24.1. The first-order valence-corrected chi connectivity index (χ1v) is 12.0. The van der Waals surface area contributed by atoms with Crippen LogP contribution >= 0.6 is 0 Å². The highest BCUT2D eigenvalue weighted by Crippen LogP contribution is 2.40. The molecule has 0 aliphatic heterocycles. The van der Waals surface area contributed by atoms with Gasteiger partial charge in [-0.2, -0.15) is 0 Å². The predicted molar refractivity (Wildman–Crippen MR) is 132 cm³/mol. The number of rotatable bonds is 7. The van der Waals surface area contributed by atoms with Gasteiger partial charge in [-0.05, 0) is 32.0 Å². The third-order valence-electron chi connectivity index (χ3n) is 4.89. The van der Waals surface area contributed by atoms with Gasteiger partial charge in [0.25, 0.3) is 0 Å². The quantitative estimate of drug-likeness (QED) is 0.194. The largest absolute Gasteiger partial charge is 0.305 e. The molecule has 0 amide bonds. The van der Waals surface area contributed by atoms with E-state index in [1.54, 1.807) is 50.4 Å². The van der Waals surface area contributed by atoms with E-state index >= 15 is 0 Å². The van der Waals surface area contributed by atoms with Crippen molar-refractivity contribution < 1.29 is 8.42 Å². The van der Waals surface area contributed by atoms with Crippen LogP contribution in [0.15, 0.2) is 104 Å². The smallest absolute Gasteiger partial charge is 0.241 e. The van der Waals surface area contributed by atoms with E-state index in [2.05, 4.69) is 30.3 Å². The van der Waals surface area contributed by atoms with Gasteiger partial charge < -0.3 is 5.84 Å². The molecule has 9 nitrogen and oxygen atoms in total. The molecule has 3 aromatic carbocycles. The van der Waals surface area contributed by atoms with E-state index in [0.29, 0.717) is 22.1 Å². The zero-order valence-corrected chi connectivity index (χ0v) is 19.4. The van der Waals surface area contributed by atoms with Crippen molar-refractivity contribution in [3.8, 4) is 11.3 Å². The lowest BCUT2D eigenvalue weighted by atomic mass is 10.1. The molecule has 4 aromatic rings. The average Bonchev–Trinajstić information content (AvgIpc) is 2.83. The highest BCUT2D eigenvalue weighted by molar-refractivity contribution is 7.89. The Morgan fingerprint density at radius 1 is 0.882 bits per heavy atom. The molecule has 0 atom stereocenters. The fraction of sp³-hybridized carbons (Fsp3) is 0.125. The Morgan fingerprint density at radius 2 is 1.59 bits per heavy atom. The summed E-state index contributed by atoms with van der Waals surface area (Å²) in [7, 11) is -3.83. The third-order valence-corrected chi connectivity index (χ3v) is 6.59. The van der Waals surface area contributed by atoms with Crippen molar-refractivity contribution in [3.05, 3.63) is 79.0 Å². The number of azo groups is 1. The molecule has 0 radical (unpaired) electrons. The lowest BCUT2D eigenvalue weighted by Crippen LogP contribution is -2.30. The zero-order valence-electron chi connectivity index (χ0n) is 18.6. The molecule has 0 bridgehead atoms. The number of hydrogen-bond acceptors (Lipinski definition) is 7. The molecule has 0 saturated carbocycles. The van der Waals surface area contributed by atoms with E-state index in [1.165, 1.54) is 6.07 Å². The lowest BCUT2D eigenvalue weighted by Gasteiger charge is -2.14. The number of hydrogen-bond donors (Lipinski definition) is 2. The summed E-state index contributed by atoms with van der Waals surface area (Å²) in [5, 5.41) is 17.0. The van der Waals surface area contributed by atoms with Crippen LogP contribution in [-0.4, -0.2) is 19.4 Å². The van der Waals surface area contributed by atoms with Crippen LogP contribution in [0.5, 0.6) is 0 Å². The van der Waals surface area contributed by atoms with Gasteiger partial charge in [0, 0.05) is 22.4 Å². The number of fused-ring (bicyclic) bond motifs is 1. The van der Waals surface area contributed by atoms with Crippen molar-refractivity contribution in [2.24, 2.45) is 26.4 Å². The number of sulfonamides is 1. The molecule has 0 fully saturated rings. The first kappa shape index (κ1) is 23.1. The molecule has 0 unspecified atom stereocenters. The molecular formula is C24H23N7O2S. The van der Waals surface area contributed by atoms with Crippen LogP contribution in [0.4, 0.5) is 17.1 Å². The highest BCUT2D eigenvalue weighted by Gasteiger charge is 2.22. The minimum Gasteiger partial charge on any atom is -0.305 e. The Balaban J connectivity index is 1.80. The summed E-state index contributed by atoms with van der Waals surface area (Å²) < 4.78 is 28.7. The van der Waals surface area contributed by atoms with E-state index in [9.17, 15) is 8.42 Å². The normalized spacial score (nSPS) is 12.3. The Hall–Kier alpha value is -4.02. The number of nitrogens with two attached hydrogens (primary N) is 1. The van der Waals surface area contributed by atoms with Gasteiger partial charge >= 0.3 is 0 Å². The summed E-state index contributed by atoms with van der Waals surface area (Å²) in [6.45, 7) is 3.51. The Labute approximate surface area is 197 Å². The van der Waals surface area contributed by atoms with E-state index in [-0.39, 0.29) is 16.6 Å². The van der Waals surface area contributed by atoms with Crippen LogP contribution in [0.2, 0.25) is 0 Å². The number of nitrogens with one attached hydrogen (secondary N) is 1. The molecule has 0 aliphatic carbocycles. The number of benzene rings is 3. The second-order valence-corrected chi connectivity index (χ2v) is 9.43. The fourth-order valence-electron chi connectivity index (χ4n) is 3.48. The van der Waals surface area contributed by atoms with E-state index in [0.717, 1.165) is 11.3 Å². The SMILES string of the molecule is CC(C)NS(=O)(=O)c1cc(N=Nc2ccc(-c3ccccc3)nc2)c(N=NN)c2ccccc12. The first-order chi connectivity index (χ1) is 16.4. The minimum atomic E-state index is -3.83. The third kappa shape index (κ3) is 4.98. The average molecular weight is 474 g/mol. The molecule has 10 heteroatoms. The second kappa shape index (κ2) is 9.86. The Kier molecular flexibility index (Phi) is 6.71. The van der Waals surface area contributed by atoms with E-state index in [1.807, 2.05) is 36.4 Å². The lowest BCUT2D eigenvalue weighted by molar-refractivity contribution is 0.571. The van der Waals surface area contributed by atoms with Crippen LogP contribution in [-0.2, 0) is 10.0 Å². The van der Waals surface area contributed by atoms with Gasteiger partial charge in [-0.15, -0.1) is 15.3 Å². The summed E-state index contributed by atoms with van der Waals surface area (Å²) >= 11 is 0. The molecule has 0 saturated heterocycles. The van der Waals surface area contributed by atoms with E-state index in [4.69, 9.17) is 5.84 Å². The fourth-order valence-corrected chi connectivity index (χ4v) is 4.97. The monoisotopic (exact) mass is 473 g/mol. The van der Waals surface area contributed by atoms with Gasteiger partial charge in [0.2, 0.25) is 10.0 Å². The summed E-state index contributed by atoms with van der Waals surface area (Å²) in [5.41, 5.74) is 2.81. The van der Waals surface area contributed by atoms with Crippen LogP contribution in [0, 0.1) is 0 Å². The van der Waals surface area contributed by atoms with Gasteiger partial charge in [-0.25, -0.2) is 13.1 Å². The van der Waals surface area contributed by atoms with Gasteiger partial charge in [0.1, 0.15) is 17.1 Å². The van der Waals surface area contributed by atoms with Gasteiger partial charge in [0.15, 0.2) is 0 Å². The maximum atomic E-state index is 13.1. The van der Waals surface area contributed by atoms with Crippen LogP contribution < -0.4 is 10.6 Å². The van der Waals surface area contributed by atoms with Crippen LogP contribution in [0.3, 0.4) is 0 Å². The number of aromatic nitrogens is 1. The summed E-state index contributed by atoms with van der Waals surface area (Å²) in [4.78, 5) is 4.51. The van der Waals surface area contributed by atoms with Gasteiger partial charge in [0.05, 0.1) is 16.8 Å². The topological polar surface area (TPSA) is 135 Å². The highest BCUT2D eigenvalue weighted by atomic mass is 32.2. The first-order valence-electron chi connectivity index (χ1n) is 10.5.